The third kappa shape index (κ3) is 5.10. The predicted octanol–water partition coefficient (Wildman–Crippen LogP) is 2.11. The van der Waals surface area contributed by atoms with Crippen molar-refractivity contribution in [3.8, 4) is 0 Å². The molecular weight excluding hydrogens is 378 g/mol. The van der Waals surface area contributed by atoms with Crippen LogP contribution in [-0.2, 0) is 14.8 Å². The van der Waals surface area contributed by atoms with Gasteiger partial charge in [-0.2, -0.15) is 0 Å². The molecule has 1 aliphatic carbocycles. The van der Waals surface area contributed by atoms with E-state index in [-0.39, 0.29) is 23.4 Å². The molecule has 0 saturated heterocycles. The van der Waals surface area contributed by atoms with Gasteiger partial charge >= 0.3 is 0 Å². The number of sulfonamides is 1. The summed E-state index contributed by atoms with van der Waals surface area (Å²) in [7, 11) is -3.73. The van der Waals surface area contributed by atoms with Gasteiger partial charge in [-0.25, -0.2) is 8.42 Å². The summed E-state index contributed by atoms with van der Waals surface area (Å²) in [5.41, 5.74) is 2.19. The number of carbonyl (C=O) groups is 2. The molecule has 0 aliphatic heterocycles. The number of hydrogen-bond acceptors (Lipinski definition) is 4. The number of rotatable bonds is 7. The molecule has 0 heterocycles. The van der Waals surface area contributed by atoms with E-state index in [0.717, 1.165) is 18.4 Å². The van der Waals surface area contributed by atoms with Crippen LogP contribution >= 0.6 is 0 Å². The fraction of sp³-hybridized carbons (Fsp3) is 0.300. The highest BCUT2D eigenvalue weighted by atomic mass is 32.2. The molecule has 1 fully saturated rings. The molecule has 0 spiro atoms. The number of hydrogen-bond donors (Lipinski definition) is 3. The fourth-order valence-electron chi connectivity index (χ4n) is 2.67. The summed E-state index contributed by atoms with van der Waals surface area (Å²) in [6, 6.07) is 11.5. The van der Waals surface area contributed by atoms with Crippen molar-refractivity contribution in [1.82, 2.24) is 10.6 Å². The number of aryl methyl sites for hydroxylation is 2. The monoisotopic (exact) mass is 401 g/mol. The topological polar surface area (TPSA) is 104 Å². The van der Waals surface area contributed by atoms with Crippen LogP contribution in [0.3, 0.4) is 0 Å². The van der Waals surface area contributed by atoms with Crippen molar-refractivity contribution in [1.29, 1.82) is 0 Å². The van der Waals surface area contributed by atoms with Gasteiger partial charge in [0.25, 0.3) is 15.9 Å². The van der Waals surface area contributed by atoms with Crippen molar-refractivity contribution in [3.05, 3.63) is 59.2 Å². The molecule has 0 atom stereocenters. The molecule has 2 aromatic carbocycles. The first-order chi connectivity index (χ1) is 13.2. The van der Waals surface area contributed by atoms with Crippen molar-refractivity contribution >= 4 is 27.5 Å². The third-order valence-corrected chi connectivity index (χ3v) is 5.91. The lowest BCUT2D eigenvalue weighted by atomic mass is 10.2. The van der Waals surface area contributed by atoms with Gasteiger partial charge in [-0.1, -0.05) is 12.1 Å². The Balaban J connectivity index is 1.62. The molecular formula is C20H23N3O4S. The summed E-state index contributed by atoms with van der Waals surface area (Å²) in [6.07, 6.45) is 1.97. The molecule has 2 aromatic rings. The highest BCUT2D eigenvalue weighted by molar-refractivity contribution is 7.92. The first-order valence-corrected chi connectivity index (χ1v) is 10.5. The van der Waals surface area contributed by atoms with Gasteiger partial charge in [-0.3, -0.25) is 14.3 Å². The van der Waals surface area contributed by atoms with Crippen LogP contribution in [0.25, 0.3) is 0 Å². The third-order valence-electron chi connectivity index (χ3n) is 4.38. The summed E-state index contributed by atoms with van der Waals surface area (Å²) in [6.45, 7) is 3.48. The number of amides is 2. The van der Waals surface area contributed by atoms with Crippen LogP contribution in [-0.4, -0.2) is 32.8 Å². The molecule has 3 N–H and O–H groups in total. The predicted molar refractivity (Wildman–Crippen MR) is 107 cm³/mol. The van der Waals surface area contributed by atoms with Gasteiger partial charge in [0, 0.05) is 17.3 Å². The second-order valence-corrected chi connectivity index (χ2v) is 8.63. The fourth-order valence-corrected chi connectivity index (χ4v) is 4.05. The number of anilines is 1. The van der Waals surface area contributed by atoms with Crippen LogP contribution in [0.1, 0.15) is 34.3 Å². The Morgan fingerprint density at radius 1 is 1.04 bits per heavy atom. The number of carbonyl (C=O) groups excluding carboxylic acids is 2. The molecule has 8 heteroatoms. The Kier molecular flexibility index (Phi) is 5.69. The summed E-state index contributed by atoms with van der Waals surface area (Å²) >= 11 is 0. The Labute approximate surface area is 164 Å². The minimum absolute atomic E-state index is 0.0870. The second-order valence-electron chi connectivity index (χ2n) is 6.98. The van der Waals surface area contributed by atoms with E-state index in [4.69, 9.17) is 0 Å². The maximum absolute atomic E-state index is 12.6. The zero-order chi connectivity index (χ0) is 20.3. The van der Waals surface area contributed by atoms with E-state index >= 15 is 0 Å². The molecule has 28 heavy (non-hydrogen) atoms. The van der Waals surface area contributed by atoms with Crippen molar-refractivity contribution < 1.29 is 18.0 Å². The van der Waals surface area contributed by atoms with E-state index in [2.05, 4.69) is 15.4 Å². The average molecular weight is 401 g/mol. The van der Waals surface area contributed by atoms with Crippen LogP contribution in [0.4, 0.5) is 5.69 Å². The highest BCUT2D eigenvalue weighted by Gasteiger charge is 2.23. The molecule has 0 bridgehead atoms. The summed E-state index contributed by atoms with van der Waals surface area (Å²) in [5.74, 6) is -0.608. The number of nitrogens with one attached hydrogen (secondary N) is 3. The van der Waals surface area contributed by atoms with E-state index < -0.39 is 15.9 Å². The SMILES string of the molecule is Cc1ccc(C)c(S(=O)(=O)Nc2ccc(C(=O)NCC(=O)NC3CC3)cc2)c1. The van der Waals surface area contributed by atoms with Gasteiger partial charge in [0.1, 0.15) is 0 Å². The second kappa shape index (κ2) is 8.02. The maximum Gasteiger partial charge on any atom is 0.262 e. The van der Waals surface area contributed by atoms with Crippen LogP contribution in [0.15, 0.2) is 47.4 Å². The zero-order valence-electron chi connectivity index (χ0n) is 15.8. The molecule has 2 amide bonds. The summed E-state index contributed by atoms with van der Waals surface area (Å²) in [4.78, 5) is 24.0. The Morgan fingerprint density at radius 3 is 2.36 bits per heavy atom. The van der Waals surface area contributed by atoms with Gasteiger partial charge in [-0.15, -0.1) is 0 Å². The average Bonchev–Trinajstić information content (AvgIpc) is 3.46. The van der Waals surface area contributed by atoms with Gasteiger partial charge in [-0.05, 0) is 68.1 Å². The normalized spacial score (nSPS) is 13.6. The van der Waals surface area contributed by atoms with Crippen LogP contribution in [0.5, 0.6) is 0 Å². The Morgan fingerprint density at radius 2 is 1.71 bits per heavy atom. The zero-order valence-corrected chi connectivity index (χ0v) is 16.6. The molecule has 0 aromatic heterocycles. The Bertz CT molecular complexity index is 997. The largest absolute Gasteiger partial charge is 0.352 e. The van der Waals surface area contributed by atoms with Gasteiger partial charge < -0.3 is 10.6 Å². The minimum atomic E-state index is -3.73. The first kappa shape index (κ1) is 19.9. The molecule has 148 valence electrons. The van der Waals surface area contributed by atoms with E-state index in [0.29, 0.717) is 16.8 Å². The summed E-state index contributed by atoms with van der Waals surface area (Å²) < 4.78 is 27.8. The van der Waals surface area contributed by atoms with E-state index in [1.165, 1.54) is 24.3 Å². The van der Waals surface area contributed by atoms with Crippen LogP contribution in [0, 0.1) is 13.8 Å². The van der Waals surface area contributed by atoms with Crippen LogP contribution < -0.4 is 15.4 Å². The lowest BCUT2D eigenvalue weighted by Crippen LogP contribution is -2.37. The van der Waals surface area contributed by atoms with Crippen LogP contribution in [0.2, 0.25) is 0 Å². The lowest BCUT2D eigenvalue weighted by Gasteiger charge is -2.12. The van der Waals surface area contributed by atoms with E-state index in [1.54, 1.807) is 19.1 Å². The Hall–Kier alpha value is -2.87. The number of benzene rings is 2. The quantitative estimate of drug-likeness (QED) is 0.661. The summed E-state index contributed by atoms with van der Waals surface area (Å²) in [5, 5.41) is 5.34. The molecule has 0 radical (unpaired) electrons. The van der Waals surface area contributed by atoms with E-state index in [1.807, 2.05) is 13.0 Å². The first-order valence-electron chi connectivity index (χ1n) is 9.02. The molecule has 7 nitrogen and oxygen atoms in total. The minimum Gasteiger partial charge on any atom is -0.352 e. The molecule has 1 aliphatic rings. The van der Waals surface area contributed by atoms with Crippen molar-refractivity contribution in [2.24, 2.45) is 0 Å². The van der Waals surface area contributed by atoms with Crippen molar-refractivity contribution in [2.45, 2.75) is 37.6 Å². The van der Waals surface area contributed by atoms with Crippen molar-refractivity contribution in [2.75, 3.05) is 11.3 Å². The van der Waals surface area contributed by atoms with Crippen molar-refractivity contribution in [3.63, 3.8) is 0 Å². The highest BCUT2D eigenvalue weighted by Crippen LogP contribution is 2.21. The molecule has 1 saturated carbocycles. The molecule has 3 rings (SSSR count). The smallest absolute Gasteiger partial charge is 0.262 e. The van der Waals surface area contributed by atoms with Gasteiger partial charge in [0.2, 0.25) is 5.91 Å². The maximum atomic E-state index is 12.6. The van der Waals surface area contributed by atoms with Gasteiger partial charge in [0.15, 0.2) is 0 Å². The lowest BCUT2D eigenvalue weighted by molar-refractivity contribution is -0.120. The standard InChI is InChI=1S/C20H23N3O4S/c1-13-3-4-14(2)18(11-13)28(26,27)23-17-7-5-15(6-8-17)20(25)21-12-19(24)22-16-9-10-16/h3-8,11,16,23H,9-10,12H2,1-2H3,(H,21,25)(H,22,24). The van der Waals surface area contributed by atoms with Gasteiger partial charge in [0.05, 0.1) is 11.4 Å². The van der Waals surface area contributed by atoms with E-state index in [9.17, 15) is 18.0 Å². The molecule has 0 unspecified atom stereocenters.